The number of nitrogens with zero attached hydrogens (tertiary/aromatic N) is 1. The van der Waals surface area contributed by atoms with E-state index in [1.54, 1.807) is 6.07 Å². The van der Waals surface area contributed by atoms with Gasteiger partial charge in [0.1, 0.15) is 10.6 Å². The number of methoxy groups -OCH3 is 1. The Morgan fingerprint density at radius 1 is 1.45 bits per heavy atom. The van der Waals surface area contributed by atoms with Crippen LogP contribution in [0.1, 0.15) is 12.8 Å². The summed E-state index contributed by atoms with van der Waals surface area (Å²) in [6, 6.07) is 4.78. The smallest absolute Gasteiger partial charge is 0.246 e. The van der Waals surface area contributed by atoms with Crippen LogP contribution in [0.5, 0.6) is 5.75 Å². The Balaban J connectivity index is 2.35. The second kappa shape index (κ2) is 6.30. The van der Waals surface area contributed by atoms with Gasteiger partial charge in [-0.2, -0.15) is 4.31 Å². The molecule has 0 radical (unpaired) electrons. The molecule has 1 heterocycles. The van der Waals surface area contributed by atoms with Gasteiger partial charge in [0.15, 0.2) is 0 Å². The Morgan fingerprint density at radius 3 is 2.85 bits per heavy atom. The third-order valence-corrected chi connectivity index (χ3v) is 5.68. The lowest BCUT2D eigenvalue weighted by atomic mass is 10.1. The van der Waals surface area contributed by atoms with Crippen molar-refractivity contribution in [2.24, 2.45) is 0 Å². The molecule has 1 aromatic carbocycles. The molecule has 20 heavy (non-hydrogen) atoms. The summed E-state index contributed by atoms with van der Waals surface area (Å²) in [5.41, 5.74) is 0. The van der Waals surface area contributed by atoms with Gasteiger partial charge in [0.05, 0.1) is 7.11 Å². The summed E-state index contributed by atoms with van der Waals surface area (Å²) in [4.78, 5) is 0.168. The molecule has 0 saturated carbocycles. The quantitative estimate of drug-likeness (QED) is 0.918. The van der Waals surface area contributed by atoms with Gasteiger partial charge >= 0.3 is 0 Å². The standard InChI is InChI=1S/C13H19ClN2O3S/c1-15-11-4-3-7-16(9-11)20(17,18)13-6-5-10(14)8-12(13)19-2/h5-6,8,11,15H,3-4,7,9H2,1-2H3. The fraction of sp³-hybridized carbons (Fsp3) is 0.538. The molecule has 5 nitrogen and oxygen atoms in total. The summed E-state index contributed by atoms with van der Waals surface area (Å²) in [6.45, 7) is 1.01. The second-order valence-electron chi connectivity index (χ2n) is 4.79. The molecule has 2 rings (SSSR count). The van der Waals surface area contributed by atoms with E-state index in [1.807, 2.05) is 7.05 Å². The van der Waals surface area contributed by atoms with Gasteiger partial charge in [-0.25, -0.2) is 8.42 Å². The van der Waals surface area contributed by atoms with Crippen molar-refractivity contribution in [2.45, 2.75) is 23.8 Å². The van der Waals surface area contributed by atoms with E-state index < -0.39 is 10.0 Å². The number of piperidine rings is 1. The molecule has 1 aliphatic rings. The number of rotatable bonds is 4. The molecule has 0 aromatic heterocycles. The Morgan fingerprint density at radius 2 is 2.20 bits per heavy atom. The average molecular weight is 319 g/mol. The van der Waals surface area contributed by atoms with Crippen molar-refractivity contribution in [3.63, 3.8) is 0 Å². The molecule has 1 fully saturated rings. The van der Waals surface area contributed by atoms with Gasteiger partial charge in [0, 0.05) is 30.2 Å². The number of halogens is 1. The summed E-state index contributed by atoms with van der Waals surface area (Å²) >= 11 is 5.88. The highest BCUT2D eigenvalue weighted by Gasteiger charge is 2.31. The van der Waals surface area contributed by atoms with Crippen molar-refractivity contribution >= 4 is 21.6 Å². The normalized spacial score (nSPS) is 20.9. The molecule has 1 saturated heterocycles. The van der Waals surface area contributed by atoms with E-state index in [1.165, 1.54) is 23.5 Å². The Hall–Kier alpha value is -0.820. The van der Waals surface area contributed by atoms with Crippen LogP contribution in [-0.2, 0) is 10.0 Å². The molecule has 0 spiro atoms. The van der Waals surface area contributed by atoms with Crippen LogP contribution in [0.3, 0.4) is 0 Å². The van der Waals surface area contributed by atoms with E-state index in [2.05, 4.69) is 5.32 Å². The molecule has 1 N–H and O–H groups in total. The number of hydrogen-bond donors (Lipinski definition) is 1. The lowest BCUT2D eigenvalue weighted by molar-refractivity contribution is 0.291. The highest BCUT2D eigenvalue weighted by atomic mass is 35.5. The number of hydrogen-bond acceptors (Lipinski definition) is 4. The molecule has 7 heteroatoms. The Kier molecular flexibility index (Phi) is 4.90. The van der Waals surface area contributed by atoms with Gasteiger partial charge in [0.2, 0.25) is 10.0 Å². The first-order valence-electron chi connectivity index (χ1n) is 6.50. The molecule has 112 valence electrons. The lowest BCUT2D eigenvalue weighted by Gasteiger charge is -2.32. The van der Waals surface area contributed by atoms with Gasteiger partial charge in [-0.05, 0) is 32.0 Å². The van der Waals surface area contributed by atoms with E-state index >= 15 is 0 Å². The van der Waals surface area contributed by atoms with E-state index in [9.17, 15) is 8.42 Å². The zero-order valence-corrected chi connectivity index (χ0v) is 13.2. The van der Waals surface area contributed by atoms with Crippen molar-refractivity contribution in [1.82, 2.24) is 9.62 Å². The Bertz CT molecular complexity index is 577. The van der Waals surface area contributed by atoms with Crippen molar-refractivity contribution in [2.75, 3.05) is 27.2 Å². The van der Waals surface area contributed by atoms with Crippen LogP contribution in [0.15, 0.2) is 23.1 Å². The first-order chi connectivity index (χ1) is 9.48. The van der Waals surface area contributed by atoms with Gasteiger partial charge in [-0.1, -0.05) is 11.6 Å². The zero-order valence-electron chi connectivity index (χ0n) is 11.6. The molecule has 0 bridgehead atoms. The molecule has 0 amide bonds. The summed E-state index contributed by atoms with van der Waals surface area (Å²) in [6.07, 6.45) is 1.83. The average Bonchev–Trinajstić information content (AvgIpc) is 2.46. The molecule has 1 atom stereocenters. The predicted octanol–water partition coefficient (Wildman–Crippen LogP) is 1.72. The van der Waals surface area contributed by atoms with Crippen LogP contribution in [-0.4, -0.2) is 46.0 Å². The SMILES string of the molecule is CNC1CCCN(S(=O)(=O)c2ccc(Cl)cc2OC)C1. The van der Waals surface area contributed by atoms with Crippen molar-refractivity contribution in [3.05, 3.63) is 23.2 Å². The van der Waals surface area contributed by atoms with E-state index in [4.69, 9.17) is 16.3 Å². The van der Waals surface area contributed by atoms with E-state index in [-0.39, 0.29) is 16.7 Å². The van der Waals surface area contributed by atoms with Crippen LogP contribution < -0.4 is 10.1 Å². The molecular weight excluding hydrogens is 300 g/mol. The lowest BCUT2D eigenvalue weighted by Crippen LogP contribution is -2.46. The second-order valence-corrected chi connectivity index (χ2v) is 7.13. The topological polar surface area (TPSA) is 58.6 Å². The Labute approximate surface area is 124 Å². The molecule has 1 aromatic rings. The largest absolute Gasteiger partial charge is 0.495 e. The number of benzene rings is 1. The van der Waals surface area contributed by atoms with E-state index in [0.717, 1.165) is 12.8 Å². The molecule has 1 aliphatic heterocycles. The highest BCUT2D eigenvalue weighted by Crippen LogP contribution is 2.30. The van der Waals surface area contributed by atoms with Crippen LogP contribution in [0.4, 0.5) is 0 Å². The van der Waals surface area contributed by atoms with Crippen LogP contribution in [0, 0.1) is 0 Å². The number of nitrogens with one attached hydrogen (secondary N) is 1. The van der Waals surface area contributed by atoms with Gasteiger partial charge in [-0.15, -0.1) is 0 Å². The van der Waals surface area contributed by atoms with Gasteiger partial charge < -0.3 is 10.1 Å². The first-order valence-corrected chi connectivity index (χ1v) is 8.32. The summed E-state index contributed by atoms with van der Waals surface area (Å²) in [5.74, 6) is 0.282. The number of sulfonamides is 1. The predicted molar refractivity (Wildman–Crippen MR) is 78.8 cm³/mol. The third-order valence-electron chi connectivity index (χ3n) is 3.54. The molecule has 0 aliphatic carbocycles. The van der Waals surface area contributed by atoms with Crippen molar-refractivity contribution in [3.8, 4) is 5.75 Å². The maximum Gasteiger partial charge on any atom is 0.246 e. The van der Waals surface area contributed by atoms with Crippen LogP contribution in [0.2, 0.25) is 5.02 Å². The summed E-state index contributed by atoms with van der Waals surface area (Å²) in [7, 11) is -0.262. The number of ether oxygens (including phenoxy) is 1. The summed E-state index contributed by atoms with van der Waals surface area (Å²) in [5, 5.41) is 3.59. The summed E-state index contributed by atoms with van der Waals surface area (Å²) < 4.78 is 32.1. The minimum Gasteiger partial charge on any atom is -0.495 e. The fourth-order valence-corrected chi connectivity index (χ4v) is 4.21. The zero-order chi connectivity index (χ0) is 14.8. The monoisotopic (exact) mass is 318 g/mol. The number of likely N-dealkylation sites (N-methyl/N-ethyl adjacent to an activating group) is 1. The molecule has 1 unspecified atom stereocenters. The maximum absolute atomic E-state index is 12.7. The van der Waals surface area contributed by atoms with Crippen LogP contribution in [0.25, 0.3) is 0 Å². The highest BCUT2D eigenvalue weighted by molar-refractivity contribution is 7.89. The van der Waals surface area contributed by atoms with Gasteiger partial charge in [-0.3, -0.25) is 0 Å². The minimum atomic E-state index is -3.55. The van der Waals surface area contributed by atoms with Crippen molar-refractivity contribution in [1.29, 1.82) is 0 Å². The molecular formula is C13H19ClN2O3S. The maximum atomic E-state index is 12.7. The van der Waals surface area contributed by atoms with Crippen LogP contribution >= 0.6 is 11.6 Å². The first kappa shape index (κ1) is 15.6. The van der Waals surface area contributed by atoms with Crippen molar-refractivity contribution < 1.29 is 13.2 Å². The minimum absolute atomic E-state index is 0.168. The van der Waals surface area contributed by atoms with Gasteiger partial charge in [0.25, 0.3) is 0 Å². The fourth-order valence-electron chi connectivity index (χ4n) is 2.39. The third kappa shape index (κ3) is 3.09. The van der Waals surface area contributed by atoms with E-state index in [0.29, 0.717) is 18.1 Å².